The summed E-state index contributed by atoms with van der Waals surface area (Å²) in [5.41, 5.74) is 1.83. The lowest BCUT2D eigenvalue weighted by Gasteiger charge is -2.15. The van der Waals surface area contributed by atoms with Crippen molar-refractivity contribution in [3.8, 4) is 0 Å². The van der Waals surface area contributed by atoms with Crippen molar-refractivity contribution in [2.45, 2.75) is 19.4 Å². The Labute approximate surface area is 162 Å². The maximum absolute atomic E-state index is 12.1. The molecule has 1 saturated heterocycles. The number of esters is 1. The highest BCUT2D eigenvalue weighted by Crippen LogP contribution is 2.16. The summed E-state index contributed by atoms with van der Waals surface area (Å²) in [6.07, 6.45) is 1.49. The van der Waals surface area contributed by atoms with E-state index < -0.39 is 18.5 Å². The molecule has 1 fully saturated rings. The number of anilines is 1. The summed E-state index contributed by atoms with van der Waals surface area (Å²) in [5.74, 6) is -0.876. The Bertz CT molecular complexity index is 851. The van der Waals surface area contributed by atoms with E-state index in [1.54, 1.807) is 53.4 Å². The number of nitrogens with zero attached hydrogens (tertiary/aromatic N) is 1. The van der Waals surface area contributed by atoms with Gasteiger partial charge in [-0.1, -0.05) is 29.8 Å². The Morgan fingerprint density at radius 3 is 2.59 bits per heavy atom. The van der Waals surface area contributed by atoms with Crippen LogP contribution in [0.4, 0.5) is 5.69 Å². The van der Waals surface area contributed by atoms with Crippen molar-refractivity contribution < 1.29 is 19.1 Å². The van der Waals surface area contributed by atoms with Crippen molar-refractivity contribution in [2.75, 3.05) is 18.5 Å². The van der Waals surface area contributed by atoms with Gasteiger partial charge in [-0.2, -0.15) is 0 Å². The van der Waals surface area contributed by atoms with Gasteiger partial charge in [0.1, 0.15) is 0 Å². The van der Waals surface area contributed by atoms with Crippen LogP contribution in [0.1, 0.15) is 28.8 Å². The largest absolute Gasteiger partial charge is 0.452 e. The molecule has 1 aliphatic rings. The molecule has 2 aromatic carbocycles. The van der Waals surface area contributed by atoms with E-state index >= 15 is 0 Å². The molecule has 2 aromatic rings. The monoisotopic (exact) mass is 386 g/mol. The van der Waals surface area contributed by atoms with E-state index in [0.717, 1.165) is 18.5 Å². The van der Waals surface area contributed by atoms with Gasteiger partial charge in [-0.25, -0.2) is 4.79 Å². The molecule has 2 amide bonds. The van der Waals surface area contributed by atoms with Gasteiger partial charge in [0.05, 0.1) is 5.56 Å². The van der Waals surface area contributed by atoms with Gasteiger partial charge < -0.3 is 15.0 Å². The second-order valence-electron chi connectivity index (χ2n) is 6.25. The first kappa shape index (κ1) is 18.9. The van der Waals surface area contributed by atoms with E-state index in [1.165, 1.54) is 0 Å². The number of nitrogens with one attached hydrogen (secondary N) is 1. The molecular formula is C20H19ClN2O4. The number of rotatable bonds is 6. The van der Waals surface area contributed by atoms with Gasteiger partial charge in [-0.15, -0.1) is 0 Å². The summed E-state index contributed by atoms with van der Waals surface area (Å²) < 4.78 is 5.03. The average Bonchev–Trinajstić information content (AvgIpc) is 3.05. The lowest BCUT2D eigenvalue weighted by atomic mass is 10.1. The molecule has 0 atom stereocenters. The third-order valence-electron chi connectivity index (χ3n) is 4.18. The third kappa shape index (κ3) is 5.31. The highest BCUT2D eigenvalue weighted by molar-refractivity contribution is 6.30. The van der Waals surface area contributed by atoms with Gasteiger partial charge in [-0.3, -0.25) is 9.59 Å². The van der Waals surface area contributed by atoms with Gasteiger partial charge in [0.2, 0.25) is 5.91 Å². The van der Waals surface area contributed by atoms with Gasteiger partial charge in [0.15, 0.2) is 6.61 Å². The van der Waals surface area contributed by atoms with Crippen LogP contribution >= 0.6 is 11.6 Å². The van der Waals surface area contributed by atoms with E-state index in [4.69, 9.17) is 16.3 Å². The number of amides is 2. The first-order valence-electron chi connectivity index (χ1n) is 8.60. The Hall–Kier alpha value is -2.86. The Kier molecular flexibility index (Phi) is 6.08. The summed E-state index contributed by atoms with van der Waals surface area (Å²) >= 11 is 5.85. The fraction of sp³-hybridized carbons (Fsp3) is 0.250. The highest BCUT2D eigenvalue weighted by Gasteiger charge is 2.20. The first-order valence-corrected chi connectivity index (χ1v) is 8.98. The van der Waals surface area contributed by atoms with Crippen molar-refractivity contribution in [3.05, 3.63) is 64.7 Å². The molecule has 140 valence electrons. The van der Waals surface area contributed by atoms with Gasteiger partial charge in [-0.05, 0) is 42.3 Å². The number of ether oxygens (including phenoxy) is 1. The molecule has 1 heterocycles. The number of benzene rings is 2. The van der Waals surface area contributed by atoms with Crippen molar-refractivity contribution in [1.29, 1.82) is 0 Å². The predicted molar refractivity (Wildman–Crippen MR) is 101 cm³/mol. The Morgan fingerprint density at radius 2 is 1.93 bits per heavy atom. The van der Waals surface area contributed by atoms with Crippen LogP contribution in [0.5, 0.6) is 0 Å². The molecule has 27 heavy (non-hydrogen) atoms. The van der Waals surface area contributed by atoms with Crippen molar-refractivity contribution in [3.63, 3.8) is 0 Å². The zero-order chi connectivity index (χ0) is 19.2. The molecule has 0 saturated carbocycles. The van der Waals surface area contributed by atoms with Crippen molar-refractivity contribution >= 4 is 35.1 Å². The molecule has 3 rings (SSSR count). The standard InChI is InChI=1S/C20H19ClN2O4/c21-16-3-1-4-17(11-16)22-18(24)13-27-20(26)15-8-6-14(7-9-15)12-23-10-2-5-19(23)25/h1,3-4,6-9,11H,2,5,10,12-13H2,(H,22,24). The number of carbonyl (C=O) groups excluding carboxylic acids is 3. The van der Waals surface area contributed by atoms with Crippen LogP contribution in [0.3, 0.4) is 0 Å². The fourth-order valence-corrected chi connectivity index (χ4v) is 3.01. The zero-order valence-corrected chi connectivity index (χ0v) is 15.4. The maximum Gasteiger partial charge on any atom is 0.338 e. The molecule has 0 aromatic heterocycles. The molecule has 0 radical (unpaired) electrons. The van der Waals surface area contributed by atoms with Crippen molar-refractivity contribution in [2.24, 2.45) is 0 Å². The van der Waals surface area contributed by atoms with Crippen LogP contribution in [0.15, 0.2) is 48.5 Å². The van der Waals surface area contributed by atoms with Crippen LogP contribution in [-0.4, -0.2) is 35.8 Å². The summed E-state index contributed by atoms with van der Waals surface area (Å²) in [4.78, 5) is 37.4. The molecule has 7 heteroatoms. The van der Waals surface area contributed by atoms with Crippen LogP contribution < -0.4 is 5.32 Å². The van der Waals surface area contributed by atoms with Gasteiger partial charge in [0, 0.05) is 30.2 Å². The van der Waals surface area contributed by atoms with Gasteiger partial charge in [0.25, 0.3) is 5.91 Å². The smallest absolute Gasteiger partial charge is 0.338 e. The summed E-state index contributed by atoms with van der Waals surface area (Å²) in [5, 5.41) is 3.11. The Morgan fingerprint density at radius 1 is 1.15 bits per heavy atom. The van der Waals surface area contributed by atoms with E-state index in [2.05, 4.69) is 5.32 Å². The second-order valence-corrected chi connectivity index (χ2v) is 6.69. The number of hydrogen-bond acceptors (Lipinski definition) is 4. The molecule has 0 spiro atoms. The molecule has 6 nitrogen and oxygen atoms in total. The van der Waals surface area contributed by atoms with Crippen LogP contribution in [0.2, 0.25) is 5.02 Å². The lowest BCUT2D eigenvalue weighted by molar-refractivity contribution is -0.128. The average molecular weight is 387 g/mol. The summed E-state index contributed by atoms with van der Waals surface area (Å²) in [7, 11) is 0. The summed E-state index contributed by atoms with van der Waals surface area (Å²) in [6.45, 7) is 0.913. The quantitative estimate of drug-likeness (QED) is 0.773. The second kappa shape index (κ2) is 8.68. The minimum absolute atomic E-state index is 0.157. The normalized spacial score (nSPS) is 13.5. The molecular weight excluding hydrogens is 368 g/mol. The SMILES string of the molecule is O=C(COC(=O)c1ccc(CN2CCCC2=O)cc1)Nc1cccc(Cl)c1. The molecule has 0 unspecified atom stereocenters. The maximum atomic E-state index is 12.1. The number of hydrogen-bond donors (Lipinski definition) is 1. The molecule has 0 bridgehead atoms. The number of carbonyl (C=O) groups is 3. The Balaban J connectivity index is 1.49. The van der Waals surface area contributed by atoms with Crippen LogP contribution in [0, 0.1) is 0 Å². The number of likely N-dealkylation sites (tertiary alicyclic amines) is 1. The van der Waals surface area contributed by atoms with E-state index in [-0.39, 0.29) is 5.91 Å². The van der Waals surface area contributed by atoms with E-state index in [0.29, 0.717) is 29.2 Å². The first-order chi connectivity index (χ1) is 13.0. The fourth-order valence-electron chi connectivity index (χ4n) is 2.82. The van der Waals surface area contributed by atoms with Gasteiger partial charge >= 0.3 is 5.97 Å². The molecule has 0 aliphatic carbocycles. The third-order valence-corrected chi connectivity index (χ3v) is 4.41. The topological polar surface area (TPSA) is 75.7 Å². The van der Waals surface area contributed by atoms with E-state index in [9.17, 15) is 14.4 Å². The van der Waals surface area contributed by atoms with Crippen LogP contribution in [-0.2, 0) is 20.9 Å². The lowest BCUT2D eigenvalue weighted by Crippen LogP contribution is -2.23. The highest BCUT2D eigenvalue weighted by atomic mass is 35.5. The van der Waals surface area contributed by atoms with Crippen molar-refractivity contribution in [1.82, 2.24) is 4.90 Å². The minimum atomic E-state index is -0.583. The molecule has 1 N–H and O–H groups in total. The number of halogens is 1. The summed E-state index contributed by atoms with van der Waals surface area (Å²) in [6, 6.07) is 13.5. The minimum Gasteiger partial charge on any atom is -0.452 e. The van der Waals surface area contributed by atoms with Crippen LogP contribution in [0.25, 0.3) is 0 Å². The molecule has 1 aliphatic heterocycles. The van der Waals surface area contributed by atoms with E-state index in [1.807, 2.05) is 0 Å². The predicted octanol–water partition coefficient (Wildman–Crippen LogP) is 3.26. The zero-order valence-electron chi connectivity index (χ0n) is 14.6.